The van der Waals surface area contributed by atoms with Gasteiger partial charge in [0.2, 0.25) is 0 Å². The molecular weight excluding hydrogens is 328 g/mol. The summed E-state index contributed by atoms with van der Waals surface area (Å²) in [6, 6.07) is 9.35. The van der Waals surface area contributed by atoms with Gasteiger partial charge in [-0.25, -0.2) is 0 Å². The van der Waals surface area contributed by atoms with Crippen LogP contribution in [0.2, 0.25) is 0 Å². The van der Waals surface area contributed by atoms with Gasteiger partial charge < -0.3 is 4.74 Å². The average Bonchev–Trinajstić information content (AvgIpc) is 2.54. The maximum Gasteiger partial charge on any atom is 0.295 e. The fourth-order valence-corrected chi connectivity index (χ4v) is 2.87. The lowest BCUT2D eigenvalue weighted by Crippen LogP contribution is -2.06. The van der Waals surface area contributed by atoms with Gasteiger partial charge in [-0.15, -0.1) is 0 Å². The van der Waals surface area contributed by atoms with Crippen molar-refractivity contribution < 1.29 is 17.7 Å². The molecule has 0 saturated carbocycles. The summed E-state index contributed by atoms with van der Waals surface area (Å²) >= 11 is 0. The maximum absolute atomic E-state index is 11.5. The van der Waals surface area contributed by atoms with E-state index in [1.807, 2.05) is 0 Å². The van der Waals surface area contributed by atoms with Crippen LogP contribution in [0.3, 0.4) is 0 Å². The van der Waals surface area contributed by atoms with Crippen LogP contribution in [0, 0.1) is 22.7 Å². The number of ether oxygens (including phenoxy) is 1. The Kier molecular flexibility index (Phi) is 4.70. The predicted octanol–water partition coefficient (Wildman–Crippen LogP) is 3.11. The molecule has 0 atom stereocenters. The summed E-state index contributed by atoms with van der Waals surface area (Å²) in [6.45, 7) is 5.44. The smallest absolute Gasteiger partial charge is 0.295 e. The van der Waals surface area contributed by atoms with Crippen molar-refractivity contribution in [3.05, 3.63) is 71.2 Å². The molecule has 0 unspecified atom stereocenters. The van der Waals surface area contributed by atoms with Crippen molar-refractivity contribution in [2.75, 3.05) is 0 Å². The Balaban J connectivity index is 2.59. The van der Waals surface area contributed by atoms with Gasteiger partial charge in [0.1, 0.15) is 34.1 Å². The fraction of sp³-hybridized carbons (Fsp3) is 0.0588. The summed E-state index contributed by atoms with van der Waals surface area (Å²) in [7, 11) is -4.44. The molecule has 0 bridgehead atoms. The van der Waals surface area contributed by atoms with Gasteiger partial charge in [-0.3, -0.25) is 4.55 Å². The van der Waals surface area contributed by atoms with Gasteiger partial charge in [0.05, 0.1) is 0 Å². The van der Waals surface area contributed by atoms with Gasteiger partial charge >= 0.3 is 0 Å². The zero-order valence-corrected chi connectivity index (χ0v) is 13.5. The zero-order chi connectivity index (χ0) is 17.9. The minimum absolute atomic E-state index is 0.106. The maximum atomic E-state index is 11.5. The molecule has 6 nitrogen and oxygen atoms in total. The lowest BCUT2D eigenvalue weighted by atomic mass is 10.0. The van der Waals surface area contributed by atoms with E-state index in [1.165, 1.54) is 30.4 Å². The van der Waals surface area contributed by atoms with Crippen LogP contribution in [-0.4, -0.2) is 13.0 Å². The van der Waals surface area contributed by atoms with Crippen LogP contribution in [0.1, 0.15) is 12.5 Å². The average molecular weight is 340 g/mol. The Bertz CT molecular complexity index is 984. The highest BCUT2D eigenvalue weighted by molar-refractivity contribution is 7.86. The number of nitriles is 2. The molecule has 1 aromatic carbocycles. The van der Waals surface area contributed by atoms with E-state index < -0.39 is 10.1 Å². The first-order valence-corrected chi connectivity index (χ1v) is 8.10. The van der Waals surface area contributed by atoms with Crippen molar-refractivity contribution in [3.63, 3.8) is 0 Å². The summed E-state index contributed by atoms with van der Waals surface area (Å²) in [5, 5.41) is 18.0. The minimum Gasteiger partial charge on any atom is -0.461 e. The molecule has 1 N–H and O–H groups in total. The number of rotatable bonds is 3. The number of nitrogens with zero attached hydrogens (tertiary/aromatic N) is 2. The van der Waals surface area contributed by atoms with Crippen LogP contribution in [-0.2, 0) is 14.9 Å². The van der Waals surface area contributed by atoms with Crippen molar-refractivity contribution in [1.29, 1.82) is 10.5 Å². The number of hydrogen-bond donors (Lipinski definition) is 1. The fourth-order valence-electron chi connectivity index (χ4n) is 2.16. The first-order chi connectivity index (χ1) is 11.3. The summed E-state index contributed by atoms with van der Waals surface area (Å²) in [6.07, 6.45) is 2.95. The molecule has 0 aliphatic carbocycles. The molecule has 0 spiro atoms. The Morgan fingerprint density at radius 3 is 2.42 bits per heavy atom. The number of hydrogen-bond acceptors (Lipinski definition) is 5. The second-order valence-electron chi connectivity index (χ2n) is 4.87. The van der Waals surface area contributed by atoms with Crippen molar-refractivity contribution in [2.45, 2.75) is 11.8 Å². The van der Waals surface area contributed by atoms with E-state index in [-0.39, 0.29) is 27.4 Å². The second-order valence-corrected chi connectivity index (χ2v) is 6.26. The van der Waals surface area contributed by atoms with E-state index >= 15 is 0 Å². The Morgan fingerprint density at radius 2 is 1.83 bits per heavy atom. The predicted molar refractivity (Wildman–Crippen MR) is 86.5 cm³/mol. The van der Waals surface area contributed by atoms with Gasteiger partial charge in [0, 0.05) is 16.7 Å². The van der Waals surface area contributed by atoms with Crippen LogP contribution in [0.5, 0.6) is 0 Å². The van der Waals surface area contributed by atoms with E-state index in [0.29, 0.717) is 11.3 Å². The molecule has 0 amide bonds. The standard InChI is InChI=1S/C17H12N2O4S/c1-11-7-13(14(9-18)10-19)8-16(23-11)12(2)15-5-3-4-6-17(15)24(20,21)22/h3-8H,2H2,1H3,(H,20,21,22). The van der Waals surface area contributed by atoms with Crippen LogP contribution in [0.15, 0.2) is 70.6 Å². The van der Waals surface area contributed by atoms with Crippen LogP contribution in [0.25, 0.3) is 5.57 Å². The molecule has 0 radical (unpaired) electrons. The molecule has 1 aromatic rings. The second kappa shape index (κ2) is 6.55. The third-order valence-corrected chi connectivity index (χ3v) is 4.13. The summed E-state index contributed by atoms with van der Waals surface area (Å²) < 4.78 is 37.9. The third kappa shape index (κ3) is 3.44. The normalized spacial score (nSPS) is 13.8. The quantitative estimate of drug-likeness (QED) is 0.668. The van der Waals surface area contributed by atoms with Crippen LogP contribution < -0.4 is 0 Å². The molecule has 7 heteroatoms. The van der Waals surface area contributed by atoms with Gasteiger partial charge in [0.15, 0.2) is 0 Å². The molecule has 0 saturated heterocycles. The lowest BCUT2D eigenvalue weighted by molar-refractivity contribution is 0.322. The molecule has 2 rings (SSSR count). The van der Waals surface area contributed by atoms with E-state index in [1.54, 1.807) is 25.1 Å². The minimum atomic E-state index is -4.44. The molecule has 24 heavy (non-hydrogen) atoms. The first-order valence-electron chi connectivity index (χ1n) is 6.66. The van der Waals surface area contributed by atoms with Gasteiger partial charge in [0.25, 0.3) is 10.1 Å². The topological polar surface area (TPSA) is 111 Å². The molecular formula is C17H12N2O4S. The van der Waals surface area contributed by atoms with Crippen molar-refractivity contribution >= 4 is 15.7 Å². The molecule has 1 aliphatic heterocycles. The Morgan fingerprint density at radius 1 is 1.21 bits per heavy atom. The van der Waals surface area contributed by atoms with Gasteiger partial charge in [-0.05, 0) is 25.1 Å². The zero-order valence-electron chi connectivity index (χ0n) is 12.6. The SMILES string of the molecule is C=C(C1=CC(=C(C#N)C#N)C=C(C)O1)c1ccccc1S(=O)(=O)O. The summed E-state index contributed by atoms with van der Waals surface area (Å²) in [4.78, 5) is -0.307. The third-order valence-electron chi connectivity index (χ3n) is 3.22. The largest absolute Gasteiger partial charge is 0.461 e. The Labute approximate surface area is 139 Å². The monoisotopic (exact) mass is 340 g/mol. The lowest BCUT2D eigenvalue weighted by Gasteiger charge is -2.19. The highest BCUT2D eigenvalue weighted by Crippen LogP contribution is 2.33. The van der Waals surface area contributed by atoms with E-state index in [0.717, 1.165) is 0 Å². The summed E-state index contributed by atoms with van der Waals surface area (Å²) in [5.74, 6) is 0.597. The van der Waals surface area contributed by atoms with Crippen molar-refractivity contribution in [2.24, 2.45) is 0 Å². The Hall–Kier alpha value is -3.13. The highest BCUT2D eigenvalue weighted by atomic mass is 32.2. The first kappa shape index (κ1) is 17.2. The molecule has 1 heterocycles. The van der Waals surface area contributed by atoms with E-state index in [4.69, 9.17) is 15.3 Å². The number of allylic oxidation sites excluding steroid dienone is 6. The highest BCUT2D eigenvalue weighted by Gasteiger charge is 2.21. The molecule has 0 aromatic heterocycles. The van der Waals surface area contributed by atoms with Crippen molar-refractivity contribution in [1.82, 2.24) is 0 Å². The van der Waals surface area contributed by atoms with Crippen LogP contribution in [0.4, 0.5) is 0 Å². The summed E-state index contributed by atoms with van der Waals surface area (Å²) in [5.41, 5.74) is 0.592. The van der Waals surface area contributed by atoms with Gasteiger partial charge in [-0.2, -0.15) is 18.9 Å². The molecule has 120 valence electrons. The molecule has 0 fully saturated rings. The number of benzene rings is 1. The van der Waals surface area contributed by atoms with E-state index in [9.17, 15) is 13.0 Å². The molecule has 1 aliphatic rings. The van der Waals surface area contributed by atoms with E-state index in [2.05, 4.69) is 6.58 Å². The van der Waals surface area contributed by atoms with Gasteiger partial charge in [-0.1, -0.05) is 24.8 Å². The van der Waals surface area contributed by atoms with Crippen LogP contribution >= 0.6 is 0 Å². The van der Waals surface area contributed by atoms with Crippen molar-refractivity contribution in [3.8, 4) is 12.1 Å².